The van der Waals surface area contributed by atoms with Gasteiger partial charge in [-0.1, -0.05) is 41.3 Å². The molecule has 0 aliphatic heterocycles. The number of nitrogens with zero attached hydrogens (tertiary/aromatic N) is 2. The van der Waals surface area contributed by atoms with Crippen LogP contribution in [0.15, 0.2) is 30.6 Å². The first-order valence-corrected chi connectivity index (χ1v) is 8.44. The summed E-state index contributed by atoms with van der Waals surface area (Å²) in [6.45, 7) is 0. The molecule has 0 spiro atoms. The number of fused-ring (bicyclic) bond motifs is 1. The summed E-state index contributed by atoms with van der Waals surface area (Å²) < 4.78 is 0. The lowest BCUT2D eigenvalue weighted by atomic mass is 9.83. The Morgan fingerprint density at radius 1 is 1.19 bits per heavy atom. The predicted molar refractivity (Wildman–Crippen MR) is 86.6 cm³/mol. The van der Waals surface area contributed by atoms with Gasteiger partial charge in [-0.2, -0.15) is 0 Å². The van der Waals surface area contributed by atoms with E-state index in [1.807, 2.05) is 18.2 Å². The van der Waals surface area contributed by atoms with Crippen molar-refractivity contribution in [1.82, 2.24) is 15.3 Å². The molecule has 0 saturated heterocycles. The number of rotatable bonds is 3. The van der Waals surface area contributed by atoms with E-state index in [2.05, 4.69) is 31.2 Å². The first-order chi connectivity index (χ1) is 10.2. The molecule has 1 fully saturated rings. The molecule has 1 aromatic carbocycles. The maximum Gasteiger partial charge on any atom is 0.254 e. The van der Waals surface area contributed by atoms with E-state index in [9.17, 15) is 4.79 Å². The van der Waals surface area contributed by atoms with Crippen LogP contribution in [0.1, 0.15) is 42.5 Å². The van der Waals surface area contributed by atoms with Crippen molar-refractivity contribution in [3.63, 3.8) is 0 Å². The summed E-state index contributed by atoms with van der Waals surface area (Å²) >= 11 is 3.58. The molecule has 4 nitrogen and oxygen atoms in total. The van der Waals surface area contributed by atoms with Gasteiger partial charge in [-0.3, -0.25) is 14.8 Å². The smallest absolute Gasteiger partial charge is 0.254 e. The van der Waals surface area contributed by atoms with Crippen LogP contribution in [0.25, 0.3) is 11.0 Å². The lowest BCUT2D eigenvalue weighted by molar-refractivity contribution is 0.0888. The SMILES string of the molecule is O=C(NC1(CBr)CCCCC1)c1cccc2nccnc12. The fourth-order valence-electron chi connectivity index (χ4n) is 3.00. The Morgan fingerprint density at radius 2 is 1.95 bits per heavy atom. The second-order valence-electron chi connectivity index (χ2n) is 5.66. The molecule has 1 N–H and O–H groups in total. The zero-order valence-corrected chi connectivity index (χ0v) is 13.4. The molecule has 2 aromatic rings. The standard InChI is InChI=1S/C16H18BrN3O/c17-11-16(7-2-1-3-8-16)20-15(21)12-5-4-6-13-14(12)19-10-9-18-13/h4-6,9-10H,1-3,7-8,11H2,(H,20,21). The van der Waals surface area contributed by atoms with Crippen molar-refractivity contribution >= 4 is 32.9 Å². The Hall–Kier alpha value is -1.49. The van der Waals surface area contributed by atoms with Crippen molar-refractivity contribution < 1.29 is 4.79 Å². The predicted octanol–water partition coefficient (Wildman–Crippen LogP) is 3.46. The first kappa shape index (κ1) is 14.4. The number of para-hydroxylation sites is 1. The van der Waals surface area contributed by atoms with E-state index in [4.69, 9.17) is 0 Å². The summed E-state index contributed by atoms with van der Waals surface area (Å²) in [7, 11) is 0. The molecule has 1 saturated carbocycles. The molecule has 1 aliphatic carbocycles. The summed E-state index contributed by atoms with van der Waals surface area (Å²) in [5.74, 6) is -0.0533. The van der Waals surface area contributed by atoms with Crippen LogP contribution in [0, 0.1) is 0 Å². The third-order valence-corrected chi connectivity index (χ3v) is 5.26. The zero-order valence-electron chi connectivity index (χ0n) is 11.8. The van der Waals surface area contributed by atoms with Gasteiger partial charge >= 0.3 is 0 Å². The van der Waals surface area contributed by atoms with E-state index in [-0.39, 0.29) is 11.4 Å². The van der Waals surface area contributed by atoms with E-state index < -0.39 is 0 Å². The Labute approximate surface area is 132 Å². The molecule has 21 heavy (non-hydrogen) atoms. The molecule has 0 unspecified atom stereocenters. The maximum absolute atomic E-state index is 12.7. The Morgan fingerprint density at radius 3 is 2.71 bits per heavy atom. The number of benzene rings is 1. The van der Waals surface area contributed by atoms with Crippen LogP contribution in [0.2, 0.25) is 0 Å². The lowest BCUT2D eigenvalue weighted by Crippen LogP contribution is -2.51. The Kier molecular flexibility index (Phi) is 4.19. The highest BCUT2D eigenvalue weighted by atomic mass is 79.9. The molecule has 3 rings (SSSR count). The minimum Gasteiger partial charge on any atom is -0.346 e. The highest BCUT2D eigenvalue weighted by Crippen LogP contribution is 2.30. The molecule has 1 aliphatic rings. The third-order valence-electron chi connectivity index (χ3n) is 4.19. The molecule has 1 heterocycles. The van der Waals surface area contributed by atoms with Crippen molar-refractivity contribution in [3.05, 3.63) is 36.2 Å². The molecule has 1 amide bonds. The van der Waals surface area contributed by atoms with Gasteiger partial charge in [-0.15, -0.1) is 0 Å². The van der Waals surface area contributed by atoms with Crippen molar-refractivity contribution in [2.45, 2.75) is 37.6 Å². The number of aromatic nitrogens is 2. The normalized spacial score (nSPS) is 17.6. The van der Waals surface area contributed by atoms with Crippen molar-refractivity contribution in [2.75, 3.05) is 5.33 Å². The van der Waals surface area contributed by atoms with Gasteiger partial charge < -0.3 is 5.32 Å². The molecular formula is C16H18BrN3O. The van der Waals surface area contributed by atoms with Gasteiger partial charge in [0.25, 0.3) is 5.91 Å². The number of alkyl halides is 1. The second-order valence-corrected chi connectivity index (χ2v) is 6.22. The van der Waals surface area contributed by atoms with Gasteiger partial charge in [0.2, 0.25) is 0 Å². The number of carbonyl (C=O) groups excluding carboxylic acids is 1. The van der Waals surface area contributed by atoms with E-state index in [0.29, 0.717) is 11.1 Å². The van der Waals surface area contributed by atoms with Crippen LogP contribution in [0.4, 0.5) is 0 Å². The fraction of sp³-hybridized carbons (Fsp3) is 0.438. The summed E-state index contributed by atoms with van der Waals surface area (Å²) in [5, 5.41) is 4.03. The van der Waals surface area contributed by atoms with Crippen LogP contribution < -0.4 is 5.32 Å². The van der Waals surface area contributed by atoms with Crippen LogP contribution in [0.3, 0.4) is 0 Å². The van der Waals surface area contributed by atoms with Crippen LogP contribution in [-0.2, 0) is 0 Å². The molecular weight excluding hydrogens is 330 g/mol. The van der Waals surface area contributed by atoms with E-state index in [0.717, 1.165) is 23.7 Å². The maximum atomic E-state index is 12.7. The van der Waals surface area contributed by atoms with E-state index >= 15 is 0 Å². The number of hydrogen-bond acceptors (Lipinski definition) is 3. The summed E-state index contributed by atoms with van der Waals surface area (Å²) in [6.07, 6.45) is 8.92. The fourth-order valence-corrected chi connectivity index (χ4v) is 3.71. The zero-order chi connectivity index (χ0) is 14.7. The van der Waals surface area contributed by atoms with Gasteiger partial charge in [0, 0.05) is 17.7 Å². The number of halogens is 1. The number of nitrogens with one attached hydrogen (secondary N) is 1. The quantitative estimate of drug-likeness (QED) is 0.865. The Bertz CT molecular complexity index is 648. The average Bonchev–Trinajstić information content (AvgIpc) is 2.55. The topological polar surface area (TPSA) is 54.9 Å². The largest absolute Gasteiger partial charge is 0.346 e. The molecule has 5 heteroatoms. The van der Waals surface area contributed by atoms with Crippen molar-refractivity contribution in [3.8, 4) is 0 Å². The molecule has 1 aromatic heterocycles. The highest BCUT2D eigenvalue weighted by Gasteiger charge is 2.33. The van der Waals surface area contributed by atoms with Crippen molar-refractivity contribution in [1.29, 1.82) is 0 Å². The minimum atomic E-state index is -0.125. The number of carbonyl (C=O) groups is 1. The monoisotopic (exact) mass is 347 g/mol. The lowest BCUT2D eigenvalue weighted by Gasteiger charge is -2.36. The number of amides is 1. The van der Waals surface area contributed by atoms with Crippen molar-refractivity contribution in [2.24, 2.45) is 0 Å². The first-order valence-electron chi connectivity index (χ1n) is 7.32. The molecule has 110 valence electrons. The van der Waals surface area contributed by atoms with Gasteiger partial charge in [-0.25, -0.2) is 0 Å². The average molecular weight is 348 g/mol. The third kappa shape index (κ3) is 2.93. The van der Waals surface area contributed by atoms with Crippen LogP contribution in [0.5, 0.6) is 0 Å². The van der Waals surface area contributed by atoms with Crippen LogP contribution in [-0.4, -0.2) is 26.7 Å². The van der Waals surface area contributed by atoms with E-state index in [1.54, 1.807) is 12.4 Å². The second kappa shape index (κ2) is 6.10. The minimum absolute atomic E-state index is 0.0533. The van der Waals surface area contributed by atoms with Gasteiger partial charge in [0.05, 0.1) is 16.6 Å². The summed E-state index contributed by atoms with van der Waals surface area (Å²) in [4.78, 5) is 21.3. The number of hydrogen-bond donors (Lipinski definition) is 1. The van der Waals surface area contributed by atoms with Gasteiger partial charge in [-0.05, 0) is 25.0 Å². The highest BCUT2D eigenvalue weighted by molar-refractivity contribution is 9.09. The van der Waals surface area contributed by atoms with Gasteiger partial charge in [0.1, 0.15) is 5.52 Å². The summed E-state index contributed by atoms with van der Waals surface area (Å²) in [5.41, 5.74) is 1.89. The van der Waals surface area contributed by atoms with E-state index in [1.165, 1.54) is 19.3 Å². The molecule has 0 radical (unpaired) electrons. The molecule has 0 atom stereocenters. The van der Waals surface area contributed by atoms with Gasteiger partial charge in [0.15, 0.2) is 0 Å². The van der Waals surface area contributed by atoms with Crippen LogP contribution >= 0.6 is 15.9 Å². The molecule has 0 bridgehead atoms. The summed E-state index contributed by atoms with van der Waals surface area (Å²) in [6, 6.07) is 5.55. The Balaban J connectivity index is 1.90.